The predicted molar refractivity (Wildman–Crippen MR) is 51.3 cm³/mol. The van der Waals surface area contributed by atoms with E-state index in [9.17, 15) is 0 Å². The zero-order valence-electron chi connectivity index (χ0n) is 8.09. The fourth-order valence-corrected chi connectivity index (χ4v) is 0.779. The third-order valence-electron chi connectivity index (χ3n) is 1.30. The summed E-state index contributed by atoms with van der Waals surface area (Å²) in [5, 5.41) is 0. The lowest BCUT2D eigenvalue weighted by Gasteiger charge is -2.02. The summed E-state index contributed by atoms with van der Waals surface area (Å²) in [5.41, 5.74) is 6.42. The number of ether oxygens (including phenoxy) is 1. The third-order valence-corrected chi connectivity index (χ3v) is 1.30. The first kappa shape index (κ1) is 10.8. The molecule has 0 atom stereocenters. The second kappa shape index (κ2) is 5.41. The summed E-state index contributed by atoms with van der Waals surface area (Å²) >= 11 is 0. The Morgan fingerprint density at radius 2 is 2.00 bits per heavy atom. The van der Waals surface area contributed by atoms with Crippen molar-refractivity contribution in [3.63, 3.8) is 0 Å². The molecule has 12 heavy (non-hydrogen) atoms. The summed E-state index contributed by atoms with van der Waals surface area (Å²) in [6, 6.07) is 1.78. The lowest BCUT2D eigenvalue weighted by atomic mass is 10.3. The Bertz CT molecular complexity index is 236. The van der Waals surface area contributed by atoms with Gasteiger partial charge in [0.1, 0.15) is 11.6 Å². The number of hydrogen-bond acceptors (Lipinski definition) is 3. The number of nitrogens with two attached hydrogens (primary N) is 1. The predicted octanol–water partition coefficient (Wildman–Crippen LogP) is 2.01. The number of anilines is 1. The highest BCUT2D eigenvalue weighted by Gasteiger charge is 1.96. The first-order valence-electron chi connectivity index (χ1n) is 4.00. The van der Waals surface area contributed by atoms with Crippen LogP contribution in [0.1, 0.15) is 19.4 Å². The van der Waals surface area contributed by atoms with E-state index >= 15 is 0 Å². The fraction of sp³-hybridized carbons (Fsp3) is 0.444. The molecule has 0 aliphatic rings. The van der Waals surface area contributed by atoms with Gasteiger partial charge in [-0.2, -0.15) is 0 Å². The molecule has 1 aromatic heterocycles. The van der Waals surface area contributed by atoms with Gasteiger partial charge in [-0.1, -0.05) is 13.8 Å². The van der Waals surface area contributed by atoms with Crippen molar-refractivity contribution in [2.75, 3.05) is 12.8 Å². The van der Waals surface area contributed by atoms with Crippen LogP contribution < -0.4 is 10.5 Å². The van der Waals surface area contributed by atoms with E-state index in [1.807, 2.05) is 20.8 Å². The average molecular weight is 168 g/mol. The van der Waals surface area contributed by atoms with Crippen molar-refractivity contribution in [2.45, 2.75) is 20.8 Å². The summed E-state index contributed by atoms with van der Waals surface area (Å²) in [6.45, 7) is 5.93. The van der Waals surface area contributed by atoms with Crippen molar-refractivity contribution in [1.82, 2.24) is 4.98 Å². The van der Waals surface area contributed by atoms with Crippen molar-refractivity contribution >= 4 is 5.82 Å². The van der Waals surface area contributed by atoms with Crippen LogP contribution in [0.2, 0.25) is 0 Å². The van der Waals surface area contributed by atoms with Crippen molar-refractivity contribution in [3.8, 4) is 5.75 Å². The molecule has 1 aromatic rings. The Morgan fingerprint density at radius 1 is 1.42 bits per heavy atom. The van der Waals surface area contributed by atoms with Gasteiger partial charge in [-0.05, 0) is 18.6 Å². The van der Waals surface area contributed by atoms with Crippen LogP contribution in [0, 0.1) is 6.92 Å². The summed E-state index contributed by atoms with van der Waals surface area (Å²) in [5.74, 6) is 1.30. The van der Waals surface area contributed by atoms with Gasteiger partial charge in [0.15, 0.2) is 0 Å². The number of nitrogens with zero attached hydrogens (tertiary/aromatic N) is 1. The number of rotatable bonds is 1. The summed E-state index contributed by atoms with van der Waals surface area (Å²) in [4.78, 5) is 3.86. The highest BCUT2D eigenvalue weighted by atomic mass is 16.5. The lowest BCUT2D eigenvalue weighted by Crippen LogP contribution is -1.93. The molecule has 0 fully saturated rings. The lowest BCUT2D eigenvalue weighted by molar-refractivity contribution is 0.410. The van der Waals surface area contributed by atoms with Gasteiger partial charge in [0.05, 0.1) is 13.3 Å². The quantitative estimate of drug-likeness (QED) is 0.697. The van der Waals surface area contributed by atoms with Crippen LogP contribution in [0.15, 0.2) is 12.3 Å². The highest BCUT2D eigenvalue weighted by molar-refractivity contribution is 5.39. The van der Waals surface area contributed by atoms with E-state index in [0.29, 0.717) is 5.82 Å². The van der Waals surface area contributed by atoms with Gasteiger partial charge in [-0.15, -0.1) is 0 Å². The Kier molecular flexibility index (Phi) is 4.84. The maximum Gasteiger partial charge on any atom is 0.140 e. The molecule has 0 aliphatic carbocycles. The number of aryl methyl sites for hydroxylation is 1. The summed E-state index contributed by atoms with van der Waals surface area (Å²) < 4.78 is 4.98. The molecule has 1 rings (SSSR count). The molecule has 68 valence electrons. The van der Waals surface area contributed by atoms with E-state index in [0.717, 1.165) is 11.3 Å². The molecule has 3 nitrogen and oxygen atoms in total. The minimum absolute atomic E-state index is 0.526. The number of hydrogen-bond donors (Lipinski definition) is 1. The van der Waals surface area contributed by atoms with Crippen LogP contribution in [0.3, 0.4) is 0 Å². The second-order valence-corrected chi connectivity index (χ2v) is 2.08. The van der Waals surface area contributed by atoms with Crippen molar-refractivity contribution in [2.24, 2.45) is 0 Å². The fourth-order valence-electron chi connectivity index (χ4n) is 0.779. The molecular formula is C9H16N2O. The zero-order valence-corrected chi connectivity index (χ0v) is 8.09. The zero-order chi connectivity index (χ0) is 9.56. The number of pyridine rings is 1. The topological polar surface area (TPSA) is 48.1 Å². The first-order valence-corrected chi connectivity index (χ1v) is 4.00. The van der Waals surface area contributed by atoms with Gasteiger partial charge < -0.3 is 10.5 Å². The standard InChI is InChI=1S/C7H10N2O.C2H6/c1-5-3-7(8)9-4-6(5)10-2;1-2/h3-4H,1-2H3,(H2,8,9);1-2H3. The van der Waals surface area contributed by atoms with Crippen LogP contribution in [0.25, 0.3) is 0 Å². The van der Waals surface area contributed by atoms with E-state index < -0.39 is 0 Å². The van der Waals surface area contributed by atoms with Crippen molar-refractivity contribution in [1.29, 1.82) is 0 Å². The molecule has 2 N–H and O–H groups in total. The first-order chi connectivity index (χ1) is 5.74. The average Bonchev–Trinajstić information content (AvgIpc) is 2.08. The molecule has 0 bridgehead atoms. The minimum atomic E-state index is 0.526. The van der Waals surface area contributed by atoms with Crippen molar-refractivity contribution in [3.05, 3.63) is 17.8 Å². The van der Waals surface area contributed by atoms with E-state index in [1.165, 1.54) is 0 Å². The van der Waals surface area contributed by atoms with E-state index in [2.05, 4.69) is 4.98 Å². The maximum absolute atomic E-state index is 5.42. The second-order valence-electron chi connectivity index (χ2n) is 2.08. The Morgan fingerprint density at radius 3 is 2.42 bits per heavy atom. The van der Waals surface area contributed by atoms with Crippen LogP contribution >= 0.6 is 0 Å². The number of methoxy groups -OCH3 is 1. The summed E-state index contributed by atoms with van der Waals surface area (Å²) in [7, 11) is 1.61. The maximum atomic E-state index is 5.42. The van der Waals surface area contributed by atoms with Crippen LogP contribution in [0.5, 0.6) is 5.75 Å². The third kappa shape index (κ3) is 2.78. The Labute approximate surface area is 73.6 Å². The molecule has 0 spiro atoms. The van der Waals surface area contributed by atoms with Gasteiger partial charge in [-0.25, -0.2) is 4.98 Å². The van der Waals surface area contributed by atoms with Crippen LogP contribution in [-0.4, -0.2) is 12.1 Å². The van der Waals surface area contributed by atoms with E-state index in [4.69, 9.17) is 10.5 Å². The largest absolute Gasteiger partial charge is 0.495 e. The molecule has 0 saturated carbocycles. The number of nitrogen functional groups attached to an aromatic ring is 1. The molecular weight excluding hydrogens is 152 g/mol. The van der Waals surface area contributed by atoms with Crippen LogP contribution in [-0.2, 0) is 0 Å². The minimum Gasteiger partial charge on any atom is -0.495 e. The Balaban J connectivity index is 0.000000561. The molecule has 0 aliphatic heterocycles. The van der Waals surface area contributed by atoms with Crippen molar-refractivity contribution < 1.29 is 4.74 Å². The Hall–Kier alpha value is -1.25. The van der Waals surface area contributed by atoms with Gasteiger partial charge >= 0.3 is 0 Å². The molecule has 1 heterocycles. The SMILES string of the molecule is CC.COc1cnc(N)cc1C. The monoisotopic (exact) mass is 168 g/mol. The molecule has 3 heteroatoms. The van der Waals surface area contributed by atoms with E-state index in [-0.39, 0.29) is 0 Å². The molecule has 0 radical (unpaired) electrons. The van der Waals surface area contributed by atoms with E-state index in [1.54, 1.807) is 19.4 Å². The number of aromatic nitrogens is 1. The molecule has 0 amide bonds. The van der Waals surface area contributed by atoms with Gasteiger partial charge in [-0.3, -0.25) is 0 Å². The normalized spacial score (nSPS) is 8.33. The van der Waals surface area contributed by atoms with Gasteiger partial charge in [0.2, 0.25) is 0 Å². The van der Waals surface area contributed by atoms with Gasteiger partial charge in [0, 0.05) is 0 Å². The van der Waals surface area contributed by atoms with Crippen LogP contribution in [0.4, 0.5) is 5.82 Å². The highest BCUT2D eigenvalue weighted by Crippen LogP contribution is 2.16. The molecule has 0 saturated heterocycles. The van der Waals surface area contributed by atoms with Gasteiger partial charge in [0.25, 0.3) is 0 Å². The smallest absolute Gasteiger partial charge is 0.140 e. The molecule has 0 aromatic carbocycles. The summed E-state index contributed by atoms with van der Waals surface area (Å²) in [6.07, 6.45) is 1.62. The molecule has 0 unspecified atom stereocenters.